The molecule has 0 spiro atoms. The number of aromatic amines is 1. The van der Waals surface area contributed by atoms with Gasteiger partial charge in [0, 0.05) is 121 Å². The minimum atomic E-state index is -0.568. The van der Waals surface area contributed by atoms with Gasteiger partial charge in [-0.3, -0.25) is 19.5 Å². The summed E-state index contributed by atoms with van der Waals surface area (Å²) in [6.07, 6.45) is 14.0. The number of hydrogen-bond acceptors (Lipinski definition) is 26. The number of nitrogens with one attached hydrogen (secondary N) is 6. The van der Waals surface area contributed by atoms with Gasteiger partial charge in [0.1, 0.15) is 34.3 Å². The number of rotatable bonds is 18. The first kappa shape index (κ1) is 81.3. The van der Waals surface area contributed by atoms with Crippen LogP contribution in [0.2, 0.25) is 5.28 Å². The molecule has 11 N–H and O–H groups in total. The number of halogens is 4. The van der Waals surface area contributed by atoms with Gasteiger partial charge in [0.25, 0.3) is 0 Å². The van der Waals surface area contributed by atoms with E-state index in [9.17, 15) is 38.5 Å². The molecule has 0 radical (unpaired) electrons. The number of nitrogens with zero attached hydrogens (tertiary/aromatic N) is 14. The molecule has 12 aromatic rings. The number of hydrogen-bond donors (Lipinski definition) is 10. The molecule has 11 heterocycles. The first-order valence-corrected chi connectivity index (χ1v) is 38.3. The van der Waals surface area contributed by atoms with Gasteiger partial charge < -0.3 is 86.0 Å². The van der Waals surface area contributed by atoms with E-state index in [1.54, 1.807) is 79.1 Å². The van der Waals surface area contributed by atoms with Crippen LogP contribution >= 0.6 is 11.6 Å². The number of H-pyrrole nitrogens is 1. The van der Waals surface area contributed by atoms with Crippen molar-refractivity contribution in [3.63, 3.8) is 0 Å². The number of morpholine rings is 3. The highest BCUT2D eigenvalue weighted by Crippen LogP contribution is 2.41. The van der Waals surface area contributed by atoms with Crippen molar-refractivity contribution in [1.29, 1.82) is 0 Å². The van der Waals surface area contributed by atoms with Gasteiger partial charge in [-0.15, -0.1) is 0 Å². The Kier molecular flexibility index (Phi) is 25.8. The summed E-state index contributed by atoms with van der Waals surface area (Å²) in [6.45, 7) is 17.8. The summed E-state index contributed by atoms with van der Waals surface area (Å²) in [5, 5.41) is 63.4. The highest BCUT2D eigenvalue weighted by molar-refractivity contribution is 6.28. The molecule has 2 atom stereocenters. The van der Waals surface area contributed by atoms with Crippen LogP contribution in [0.3, 0.4) is 0 Å². The largest absolute Gasteiger partial charge is 0.506 e. The summed E-state index contributed by atoms with van der Waals surface area (Å²) in [5.41, 5.74) is 14.1. The Labute approximate surface area is 678 Å². The number of aromatic nitrogens is 12. The van der Waals surface area contributed by atoms with Crippen molar-refractivity contribution in [1.82, 2.24) is 59.7 Å². The fourth-order valence-corrected chi connectivity index (χ4v) is 14.1. The van der Waals surface area contributed by atoms with Crippen LogP contribution in [0.15, 0.2) is 166 Å². The number of aromatic hydroxyl groups is 3. The number of carbonyl (C=O) groups excluding carboxylic acids is 3. The third kappa shape index (κ3) is 19.3. The number of nitrogen functional groups attached to an aromatic ring is 1. The number of fused-ring (bicyclic) bond motifs is 3. The van der Waals surface area contributed by atoms with E-state index >= 15 is 4.39 Å². The maximum absolute atomic E-state index is 15.2. The Morgan fingerprint density at radius 2 is 0.873 bits per heavy atom. The summed E-state index contributed by atoms with van der Waals surface area (Å²) < 4.78 is 74.9. The number of ether oxygens (including phenoxy) is 5. The minimum Gasteiger partial charge on any atom is -0.506 e. The van der Waals surface area contributed by atoms with Crippen LogP contribution in [0, 0.1) is 17.5 Å². The van der Waals surface area contributed by atoms with Gasteiger partial charge >= 0.3 is 0 Å². The van der Waals surface area contributed by atoms with Crippen LogP contribution in [0.25, 0.3) is 66.9 Å². The van der Waals surface area contributed by atoms with Gasteiger partial charge in [0.15, 0.2) is 46.8 Å². The normalized spacial score (nSPS) is 16.1. The molecule has 0 saturated carbocycles. The fraction of sp³-hybridized carbons (Fsp3) is 0.268. The van der Waals surface area contributed by atoms with Crippen LogP contribution < -0.4 is 47.0 Å². The highest BCUT2D eigenvalue weighted by atomic mass is 35.5. The number of carbonyl (C=O) groups is 3. The molecule has 17 rings (SSSR count). The van der Waals surface area contributed by atoms with E-state index in [0.29, 0.717) is 165 Å². The van der Waals surface area contributed by atoms with E-state index in [4.69, 9.17) is 51.0 Å². The lowest BCUT2D eigenvalue weighted by Crippen LogP contribution is -2.36. The van der Waals surface area contributed by atoms with Crippen molar-refractivity contribution in [2.24, 2.45) is 0 Å². The molecule has 3 amide bonds. The third-order valence-electron chi connectivity index (χ3n) is 19.5. The molecule has 5 saturated heterocycles. The second-order valence-electron chi connectivity index (χ2n) is 27.5. The molecule has 0 bridgehead atoms. The Bertz CT molecular complexity index is 5620. The van der Waals surface area contributed by atoms with Gasteiger partial charge in [-0.25, -0.2) is 37.5 Å². The quantitative estimate of drug-likeness (QED) is 0.0217. The molecular weight excluding hydrogens is 1550 g/mol. The van der Waals surface area contributed by atoms with Gasteiger partial charge in [-0.05, 0) is 123 Å². The molecule has 6 aromatic heterocycles. The van der Waals surface area contributed by atoms with Crippen LogP contribution in [0.4, 0.5) is 76.3 Å². The van der Waals surface area contributed by atoms with Gasteiger partial charge in [-0.1, -0.05) is 56.1 Å². The van der Waals surface area contributed by atoms with Crippen molar-refractivity contribution in [2.75, 3.05) is 139 Å². The average molecular weight is 1630 g/mol. The molecule has 5 aliphatic rings. The van der Waals surface area contributed by atoms with Crippen molar-refractivity contribution in [3.8, 4) is 51.0 Å². The molecule has 36 heteroatoms. The van der Waals surface area contributed by atoms with Crippen molar-refractivity contribution in [2.45, 2.75) is 51.0 Å². The Morgan fingerprint density at radius 3 is 1.28 bits per heavy atom. The average Bonchev–Trinajstić information content (AvgIpc) is 1.61. The fourth-order valence-electron chi connectivity index (χ4n) is 14.0. The van der Waals surface area contributed by atoms with Crippen LogP contribution in [-0.4, -0.2) is 185 Å². The smallest absolute Gasteiger partial charge is 0.247 e. The molecular formula is C82H83ClF3N21O11. The van der Waals surface area contributed by atoms with Crippen molar-refractivity contribution >= 4 is 126 Å². The third-order valence-corrected chi connectivity index (χ3v) is 19.6. The standard InChI is InChI=1S/C29H30FN7O4.C24H22FN7O3.C19H18ClN5O2.C10H13FN2O2/c1-2-24(39)32-19-7-5-6-18(14-19)26-21-17-31-37(25-8-3-4-11-41-25)28(21)35-29(34-26)33-20-15-22(30)27(23(38)16-20)36-9-12-40-13-10-36;1-2-20(34)27-15-5-3-4-14(10-15)21-17-13-26-31-23(17)30-24(29-21)28-16-11-18(25)22(19(33)12-16)32-6-8-35-9-7-32;1-2-15(26)22-13-7-5-6-12(10-13)17-14-11-21-25(16-8-3-4-9-27-16)18(14)24-19(20)23-17;11-8-5-7(12)6-9(14)10(8)13-1-3-15-4-2-13/h2,5-7,14-17,25,38H,1,3-4,8-13H2,(H,32,39)(H,33,34,35);2-5,10-13,33H,1,6-9H2,(H,27,34)(H2,26,28,29,30,31);2,5-7,10-11,16H,1,3-4,8-9H2,(H,22,26);5-6,14H,1-4,12H2. The predicted molar refractivity (Wildman–Crippen MR) is 442 cm³/mol. The topological polar surface area (TPSA) is 396 Å². The summed E-state index contributed by atoms with van der Waals surface area (Å²) in [7, 11) is 0. The van der Waals surface area contributed by atoms with E-state index in [0.717, 1.165) is 49.5 Å². The summed E-state index contributed by atoms with van der Waals surface area (Å²) in [5.74, 6) is -2.71. The molecule has 32 nitrogen and oxygen atoms in total. The first-order valence-electron chi connectivity index (χ1n) is 37.9. The molecule has 610 valence electrons. The van der Waals surface area contributed by atoms with Crippen LogP contribution in [-0.2, 0) is 38.1 Å². The Balaban J connectivity index is 0.000000136. The molecule has 6 aromatic carbocycles. The first-order chi connectivity index (χ1) is 57.3. The van der Waals surface area contributed by atoms with E-state index in [2.05, 4.69) is 86.7 Å². The minimum absolute atomic E-state index is 0.116. The van der Waals surface area contributed by atoms with Gasteiger partial charge in [0.2, 0.25) is 34.9 Å². The highest BCUT2D eigenvalue weighted by Gasteiger charge is 2.28. The zero-order chi connectivity index (χ0) is 82.3. The number of phenols is 3. The zero-order valence-corrected chi connectivity index (χ0v) is 64.5. The van der Waals surface area contributed by atoms with Crippen LogP contribution in [0.5, 0.6) is 17.2 Å². The molecule has 5 aliphatic heterocycles. The molecule has 2 unspecified atom stereocenters. The lowest BCUT2D eigenvalue weighted by Gasteiger charge is -2.29. The van der Waals surface area contributed by atoms with Crippen LogP contribution in [0.1, 0.15) is 51.0 Å². The lowest BCUT2D eigenvalue weighted by molar-refractivity contribution is -0.112. The van der Waals surface area contributed by atoms with E-state index in [1.165, 1.54) is 54.6 Å². The Hall–Kier alpha value is -13.3. The second kappa shape index (κ2) is 37.5. The Morgan fingerprint density at radius 1 is 0.475 bits per heavy atom. The summed E-state index contributed by atoms with van der Waals surface area (Å²) in [6, 6.07) is 29.8. The predicted octanol–water partition coefficient (Wildman–Crippen LogP) is 13.2. The number of nitrogens with two attached hydrogens (primary N) is 1. The maximum atomic E-state index is 15.2. The number of phenolic OH excluding ortho intramolecular Hbond substituents is 3. The second-order valence-corrected chi connectivity index (χ2v) is 27.8. The number of benzene rings is 6. The number of anilines is 11. The monoisotopic (exact) mass is 1630 g/mol. The van der Waals surface area contributed by atoms with E-state index in [1.807, 2.05) is 36.4 Å². The zero-order valence-electron chi connectivity index (χ0n) is 63.7. The molecule has 118 heavy (non-hydrogen) atoms. The van der Waals surface area contributed by atoms with E-state index in [-0.39, 0.29) is 98.7 Å². The number of amides is 3. The van der Waals surface area contributed by atoms with E-state index < -0.39 is 17.5 Å². The summed E-state index contributed by atoms with van der Waals surface area (Å²) >= 11 is 6.20. The van der Waals surface area contributed by atoms with Crippen molar-refractivity contribution < 1.29 is 66.6 Å². The van der Waals surface area contributed by atoms with Crippen molar-refractivity contribution in [3.05, 3.63) is 188 Å². The van der Waals surface area contributed by atoms with Gasteiger partial charge in [0.05, 0.1) is 91.5 Å². The van der Waals surface area contributed by atoms with Gasteiger partial charge in [-0.2, -0.15) is 30.2 Å². The lowest BCUT2D eigenvalue weighted by atomic mass is 10.1. The molecule has 5 fully saturated rings. The SMILES string of the molecule is C=CC(=O)Nc1cccc(-c2nc(Cl)nc3c2cnn3C2CCCCO2)c1.C=CC(=O)Nc1cccc(-c2nc(Nc3cc(O)c(N4CCOCC4)c(F)c3)nc3[nH]ncc23)c1.C=CC(=O)Nc1cccc(-c2nc(Nc3cc(O)c(N4CCOCC4)c(F)c3)nc3c2cnn3C2CCCCO2)c1.Nc1cc(O)c(N2CCOCC2)c(F)c1. The molecule has 0 aliphatic carbocycles. The summed E-state index contributed by atoms with van der Waals surface area (Å²) in [4.78, 5) is 67.7. The maximum Gasteiger partial charge on any atom is 0.247 e.